The van der Waals surface area contributed by atoms with Crippen molar-refractivity contribution in [3.8, 4) is 5.75 Å². The summed E-state index contributed by atoms with van der Waals surface area (Å²) in [6.07, 6.45) is 0. The molecule has 0 aromatic heterocycles. The van der Waals surface area contributed by atoms with E-state index < -0.39 is 0 Å². The van der Waals surface area contributed by atoms with Crippen LogP contribution in [0.15, 0.2) is 18.2 Å². The van der Waals surface area contributed by atoms with Crippen LogP contribution in [-0.4, -0.2) is 20.3 Å². The van der Waals surface area contributed by atoms with Crippen molar-refractivity contribution in [3.05, 3.63) is 29.8 Å². The number of rotatable bonds is 5. The summed E-state index contributed by atoms with van der Waals surface area (Å²) in [5.41, 5.74) is 6.53. The molecule has 1 aromatic rings. The van der Waals surface area contributed by atoms with Gasteiger partial charge in [-0.3, -0.25) is 0 Å². The molecule has 0 saturated carbocycles. The van der Waals surface area contributed by atoms with Gasteiger partial charge in [-0.2, -0.15) is 0 Å². The van der Waals surface area contributed by atoms with Gasteiger partial charge in [0.15, 0.2) is 0 Å². The van der Waals surface area contributed by atoms with Crippen LogP contribution in [0.25, 0.3) is 0 Å². The van der Waals surface area contributed by atoms with Gasteiger partial charge < -0.3 is 15.2 Å². The molecule has 0 atom stereocenters. The van der Waals surface area contributed by atoms with E-state index in [1.807, 2.05) is 18.2 Å². The fourth-order valence-corrected chi connectivity index (χ4v) is 0.934. The molecule has 3 nitrogen and oxygen atoms in total. The van der Waals surface area contributed by atoms with Gasteiger partial charge in [0.1, 0.15) is 12.4 Å². The molecule has 0 bridgehead atoms. The Morgan fingerprint density at radius 3 is 3.00 bits per heavy atom. The summed E-state index contributed by atoms with van der Waals surface area (Å²) in [7, 11) is 1.64. The summed E-state index contributed by atoms with van der Waals surface area (Å²) < 4.78 is 10.2. The summed E-state index contributed by atoms with van der Waals surface area (Å²) >= 11 is 0. The Kier molecular flexibility index (Phi) is 4.29. The van der Waals surface area contributed by atoms with E-state index >= 15 is 0 Å². The standard InChI is InChI=1S/C10H14NO2/c1-12-5-6-13-10-4-2-3-9(7-10)8-11/h2-3,7H,5-6,8,11H2,1H3. The summed E-state index contributed by atoms with van der Waals surface area (Å²) in [5.74, 6) is 0.722. The molecule has 1 radical (unpaired) electrons. The Balaban J connectivity index is 2.46. The molecule has 0 saturated heterocycles. The van der Waals surface area contributed by atoms with Gasteiger partial charge in [0.2, 0.25) is 0 Å². The molecule has 0 unspecified atom stereocenters. The third kappa shape index (κ3) is 3.44. The van der Waals surface area contributed by atoms with Gasteiger partial charge in [0, 0.05) is 19.7 Å². The van der Waals surface area contributed by atoms with E-state index in [0.717, 1.165) is 11.3 Å². The third-order valence-corrected chi connectivity index (χ3v) is 1.62. The molecule has 13 heavy (non-hydrogen) atoms. The number of hydrogen-bond donors (Lipinski definition) is 1. The highest BCUT2D eigenvalue weighted by molar-refractivity contribution is 5.26. The molecular weight excluding hydrogens is 166 g/mol. The van der Waals surface area contributed by atoms with E-state index in [1.54, 1.807) is 7.11 Å². The Morgan fingerprint density at radius 2 is 2.31 bits per heavy atom. The van der Waals surface area contributed by atoms with Crippen LogP contribution in [-0.2, 0) is 11.3 Å². The first kappa shape index (κ1) is 10.0. The minimum Gasteiger partial charge on any atom is -0.491 e. The fraction of sp³-hybridized carbons (Fsp3) is 0.400. The Hall–Kier alpha value is -1.06. The third-order valence-electron chi connectivity index (χ3n) is 1.62. The number of ether oxygens (including phenoxy) is 2. The second-order valence-corrected chi connectivity index (χ2v) is 2.61. The highest BCUT2D eigenvalue weighted by atomic mass is 16.5. The van der Waals surface area contributed by atoms with Crippen LogP contribution >= 0.6 is 0 Å². The highest BCUT2D eigenvalue weighted by Crippen LogP contribution is 2.11. The van der Waals surface area contributed by atoms with E-state index in [4.69, 9.17) is 15.2 Å². The zero-order chi connectivity index (χ0) is 9.52. The normalized spacial score (nSPS) is 10.0. The molecule has 71 valence electrons. The molecule has 0 amide bonds. The molecule has 0 aliphatic heterocycles. The van der Waals surface area contributed by atoms with Gasteiger partial charge in [-0.05, 0) is 11.6 Å². The number of benzene rings is 1. The van der Waals surface area contributed by atoms with Gasteiger partial charge in [-0.25, -0.2) is 0 Å². The van der Waals surface area contributed by atoms with Crippen molar-refractivity contribution in [2.24, 2.45) is 5.73 Å². The zero-order valence-corrected chi connectivity index (χ0v) is 7.75. The summed E-state index contributed by atoms with van der Waals surface area (Å²) in [6.45, 7) is 1.65. The second kappa shape index (κ2) is 5.56. The first-order chi connectivity index (χ1) is 6.36. The van der Waals surface area contributed by atoms with Crippen molar-refractivity contribution in [1.82, 2.24) is 0 Å². The maximum atomic E-state index is 5.48. The Labute approximate surface area is 78.5 Å². The van der Waals surface area contributed by atoms with Crippen molar-refractivity contribution in [2.75, 3.05) is 20.3 Å². The lowest BCUT2D eigenvalue weighted by Gasteiger charge is -2.05. The second-order valence-electron chi connectivity index (χ2n) is 2.61. The average molecular weight is 180 g/mol. The highest BCUT2D eigenvalue weighted by Gasteiger charge is 1.95. The molecule has 0 heterocycles. The summed E-state index contributed by atoms with van der Waals surface area (Å²) in [6, 6.07) is 8.58. The fourth-order valence-electron chi connectivity index (χ4n) is 0.934. The summed E-state index contributed by atoms with van der Waals surface area (Å²) in [5, 5.41) is 0. The van der Waals surface area contributed by atoms with Crippen molar-refractivity contribution >= 4 is 0 Å². The molecular formula is C10H14NO2. The maximum Gasteiger partial charge on any atom is 0.127 e. The largest absolute Gasteiger partial charge is 0.491 e. The molecule has 1 rings (SSSR count). The lowest BCUT2D eigenvalue weighted by atomic mass is 10.2. The van der Waals surface area contributed by atoms with Crippen LogP contribution in [0, 0.1) is 6.07 Å². The van der Waals surface area contributed by atoms with Gasteiger partial charge >= 0.3 is 0 Å². The van der Waals surface area contributed by atoms with Gasteiger partial charge in [0.05, 0.1) is 6.61 Å². The van der Waals surface area contributed by atoms with Gasteiger partial charge in [-0.15, -0.1) is 0 Å². The van der Waals surface area contributed by atoms with Crippen molar-refractivity contribution in [2.45, 2.75) is 6.54 Å². The van der Waals surface area contributed by atoms with Crippen LogP contribution in [0.2, 0.25) is 0 Å². The predicted molar refractivity (Wildman–Crippen MR) is 50.5 cm³/mol. The first-order valence-corrected chi connectivity index (χ1v) is 4.19. The molecule has 0 aliphatic carbocycles. The van der Waals surface area contributed by atoms with Gasteiger partial charge in [-0.1, -0.05) is 12.1 Å². The van der Waals surface area contributed by atoms with E-state index in [1.165, 1.54) is 0 Å². The van der Waals surface area contributed by atoms with E-state index in [9.17, 15) is 0 Å². The predicted octanol–water partition coefficient (Wildman–Crippen LogP) is 0.971. The zero-order valence-electron chi connectivity index (χ0n) is 7.75. The van der Waals surface area contributed by atoms with Crippen LogP contribution in [0.3, 0.4) is 0 Å². The van der Waals surface area contributed by atoms with Crippen LogP contribution in [0.5, 0.6) is 5.75 Å². The van der Waals surface area contributed by atoms with E-state index in [-0.39, 0.29) is 0 Å². The van der Waals surface area contributed by atoms with Gasteiger partial charge in [0.25, 0.3) is 0 Å². The molecule has 3 heteroatoms. The van der Waals surface area contributed by atoms with E-state index in [0.29, 0.717) is 19.8 Å². The molecule has 0 fully saturated rings. The van der Waals surface area contributed by atoms with Crippen LogP contribution in [0.4, 0.5) is 0 Å². The number of nitrogens with two attached hydrogens (primary N) is 1. The average Bonchev–Trinajstić information content (AvgIpc) is 2.19. The Bertz CT molecular complexity index is 250. The number of hydrogen-bond acceptors (Lipinski definition) is 3. The smallest absolute Gasteiger partial charge is 0.127 e. The lowest BCUT2D eigenvalue weighted by molar-refractivity contribution is 0.146. The molecule has 0 spiro atoms. The minimum atomic E-state index is 0.523. The Morgan fingerprint density at radius 1 is 1.46 bits per heavy atom. The van der Waals surface area contributed by atoms with E-state index in [2.05, 4.69) is 6.07 Å². The lowest BCUT2D eigenvalue weighted by Crippen LogP contribution is -2.05. The first-order valence-electron chi connectivity index (χ1n) is 4.19. The molecule has 2 N–H and O–H groups in total. The minimum absolute atomic E-state index is 0.523. The molecule has 0 aliphatic rings. The molecule has 1 aromatic carbocycles. The number of methoxy groups -OCH3 is 1. The van der Waals surface area contributed by atoms with Crippen molar-refractivity contribution in [3.63, 3.8) is 0 Å². The van der Waals surface area contributed by atoms with Crippen LogP contribution in [0.1, 0.15) is 5.56 Å². The quantitative estimate of drug-likeness (QED) is 0.687. The van der Waals surface area contributed by atoms with Crippen molar-refractivity contribution in [1.29, 1.82) is 0 Å². The summed E-state index contributed by atoms with van der Waals surface area (Å²) in [4.78, 5) is 0. The van der Waals surface area contributed by atoms with Crippen LogP contribution < -0.4 is 10.5 Å². The SMILES string of the molecule is COCCOc1[c]ccc(CN)c1. The topological polar surface area (TPSA) is 44.5 Å². The van der Waals surface area contributed by atoms with Crippen molar-refractivity contribution < 1.29 is 9.47 Å². The monoisotopic (exact) mass is 180 g/mol. The maximum absolute atomic E-state index is 5.48.